The number of benzene rings is 2. The van der Waals surface area contributed by atoms with E-state index in [0.29, 0.717) is 6.42 Å². The number of nitrogens with zero attached hydrogens (tertiary/aromatic N) is 1. The predicted octanol–water partition coefficient (Wildman–Crippen LogP) is 4.04. The molecule has 0 aliphatic heterocycles. The van der Waals surface area contributed by atoms with Gasteiger partial charge in [-0.15, -0.1) is 0 Å². The second-order valence-corrected chi connectivity index (χ2v) is 4.55. The highest BCUT2D eigenvalue weighted by Crippen LogP contribution is 2.25. The average molecular weight is 259 g/mol. The first-order chi connectivity index (χ1) is 9.11. The van der Waals surface area contributed by atoms with E-state index in [2.05, 4.69) is 0 Å². The standard InChI is InChI=1S/C16H18FNO/c1-3-16(19)12-4-8-14(9-5-12)18(2)15-10-6-13(17)7-11-15/h4-11,16,19H,3H2,1-2H3/t16-/m0/s1. The van der Waals surface area contributed by atoms with Gasteiger partial charge in [-0.2, -0.15) is 0 Å². The van der Waals surface area contributed by atoms with Gasteiger partial charge in [-0.1, -0.05) is 19.1 Å². The Bertz CT molecular complexity index is 521. The smallest absolute Gasteiger partial charge is 0.123 e. The van der Waals surface area contributed by atoms with Crippen molar-refractivity contribution in [2.45, 2.75) is 19.4 Å². The van der Waals surface area contributed by atoms with Crippen LogP contribution in [0.25, 0.3) is 0 Å². The molecule has 0 radical (unpaired) electrons. The molecule has 0 bridgehead atoms. The van der Waals surface area contributed by atoms with E-state index in [4.69, 9.17) is 0 Å². The highest BCUT2D eigenvalue weighted by atomic mass is 19.1. The quantitative estimate of drug-likeness (QED) is 0.895. The van der Waals surface area contributed by atoms with Crippen LogP contribution in [0.2, 0.25) is 0 Å². The number of anilines is 2. The molecule has 3 heteroatoms. The molecule has 0 fully saturated rings. The molecule has 2 rings (SSSR count). The zero-order valence-corrected chi connectivity index (χ0v) is 11.2. The van der Waals surface area contributed by atoms with Crippen molar-refractivity contribution in [3.8, 4) is 0 Å². The Labute approximate surface area is 113 Å². The van der Waals surface area contributed by atoms with Gasteiger partial charge in [0.2, 0.25) is 0 Å². The molecule has 0 unspecified atom stereocenters. The second kappa shape index (κ2) is 5.85. The van der Waals surface area contributed by atoms with Gasteiger partial charge in [0.05, 0.1) is 6.10 Å². The van der Waals surface area contributed by atoms with Crippen molar-refractivity contribution in [1.82, 2.24) is 0 Å². The zero-order chi connectivity index (χ0) is 13.8. The average Bonchev–Trinajstić information content (AvgIpc) is 2.46. The maximum absolute atomic E-state index is 12.9. The number of rotatable bonds is 4. The number of halogens is 1. The van der Waals surface area contributed by atoms with Gasteiger partial charge in [-0.3, -0.25) is 0 Å². The summed E-state index contributed by atoms with van der Waals surface area (Å²) < 4.78 is 12.9. The lowest BCUT2D eigenvalue weighted by Gasteiger charge is -2.20. The summed E-state index contributed by atoms with van der Waals surface area (Å²) >= 11 is 0. The molecule has 100 valence electrons. The SMILES string of the molecule is CC[C@H](O)c1ccc(N(C)c2ccc(F)cc2)cc1. The van der Waals surface area contributed by atoms with E-state index < -0.39 is 6.10 Å². The molecule has 1 N–H and O–H groups in total. The van der Waals surface area contributed by atoms with Crippen molar-refractivity contribution < 1.29 is 9.50 Å². The molecule has 0 amide bonds. The van der Waals surface area contributed by atoms with Crippen molar-refractivity contribution in [2.75, 3.05) is 11.9 Å². The monoisotopic (exact) mass is 259 g/mol. The van der Waals surface area contributed by atoms with Crippen LogP contribution < -0.4 is 4.90 Å². The lowest BCUT2D eigenvalue weighted by molar-refractivity contribution is 0.173. The summed E-state index contributed by atoms with van der Waals surface area (Å²) in [4.78, 5) is 1.97. The van der Waals surface area contributed by atoms with E-state index in [1.807, 2.05) is 43.1 Å². The molecule has 2 aromatic rings. The van der Waals surface area contributed by atoms with Gasteiger partial charge in [0, 0.05) is 18.4 Å². The van der Waals surface area contributed by atoms with Gasteiger partial charge < -0.3 is 10.0 Å². The Morgan fingerprint density at radius 3 is 1.95 bits per heavy atom. The van der Waals surface area contributed by atoms with Crippen LogP contribution in [0.4, 0.5) is 15.8 Å². The first kappa shape index (κ1) is 13.6. The fourth-order valence-corrected chi connectivity index (χ4v) is 1.97. The Hall–Kier alpha value is -1.87. The summed E-state index contributed by atoms with van der Waals surface area (Å²) in [6.07, 6.45) is 0.290. The number of hydrogen-bond acceptors (Lipinski definition) is 2. The molecule has 0 saturated heterocycles. The van der Waals surface area contributed by atoms with Gasteiger partial charge in [0.1, 0.15) is 5.82 Å². The van der Waals surface area contributed by atoms with Crippen LogP contribution in [0.1, 0.15) is 25.0 Å². The minimum Gasteiger partial charge on any atom is -0.388 e. The van der Waals surface area contributed by atoms with Crippen molar-refractivity contribution in [3.05, 3.63) is 59.9 Å². The highest BCUT2D eigenvalue weighted by molar-refractivity contribution is 5.62. The Morgan fingerprint density at radius 1 is 1.00 bits per heavy atom. The normalized spacial score (nSPS) is 12.2. The lowest BCUT2D eigenvalue weighted by atomic mass is 10.1. The molecule has 2 nitrogen and oxygen atoms in total. The highest BCUT2D eigenvalue weighted by Gasteiger charge is 2.07. The van der Waals surface area contributed by atoms with Crippen LogP contribution in [0, 0.1) is 5.82 Å². The fourth-order valence-electron chi connectivity index (χ4n) is 1.97. The van der Waals surface area contributed by atoms with Crippen molar-refractivity contribution in [1.29, 1.82) is 0 Å². The predicted molar refractivity (Wildman–Crippen MR) is 76.2 cm³/mol. The number of aliphatic hydroxyl groups excluding tert-OH is 1. The Balaban J connectivity index is 2.19. The molecule has 19 heavy (non-hydrogen) atoms. The van der Waals surface area contributed by atoms with Gasteiger partial charge in [0.25, 0.3) is 0 Å². The van der Waals surface area contributed by atoms with Gasteiger partial charge in [-0.05, 0) is 48.4 Å². The van der Waals surface area contributed by atoms with Crippen molar-refractivity contribution >= 4 is 11.4 Å². The van der Waals surface area contributed by atoms with E-state index in [9.17, 15) is 9.50 Å². The summed E-state index contributed by atoms with van der Waals surface area (Å²) in [5, 5.41) is 9.75. The molecular formula is C16H18FNO. The van der Waals surface area contributed by atoms with E-state index in [-0.39, 0.29) is 5.82 Å². The Morgan fingerprint density at radius 2 is 1.47 bits per heavy atom. The summed E-state index contributed by atoms with van der Waals surface area (Å²) in [5.41, 5.74) is 2.84. The second-order valence-electron chi connectivity index (χ2n) is 4.55. The number of aliphatic hydroxyl groups is 1. The maximum Gasteiger partial charge on any atom is 0.123 e. The Kier molecular flexibility index (Phi) is 4.17. The van der Waals surface area contributed by atoms with Crippen molar-refractivity contribution in [3.63, 3.8) is 0 Å². The lowest BCUT2D eigenvalue weighted by Crippen LogP contribution is -2.09. The third kappa shape index (κ3) is 3.12. The van der Waals surface area contributed by atoms with Crippen LogP contribution in [0.15, 0.2) is 48.5 Å². The van der Waals surface area contributed by atoms with Crippen LogP contribution in [0.3, 0.4) is 0 Å². The molecular weight excluding hydrogens is 241 g/mol. The van der Waals surface area contributed by atoms with Gasteiger partial charge in [0.15, 0.2) is 0 Å². The summed E-state index contributed by atoms with van der Waals surface area (Å²) in [6.45, 7) is 1.95. The summed E-state index contributed by atoms with van der Waals surface area (Å²) in [6, 6.07) is 14.1. The van der Waals surface area contributed by atoms with Crippen molar-refractivity contribution in [2.24, 2.45) is 0 Å². The topological polar surface area (TPSA) is 23.5 Å². The molecule has 0 aromatic heterocycles. The number of hydrogen-bond donors (Lipinski definition) is 1. The third-order valence-corrected chi connectivity index (χ3v) is 3.27. The molecule has 0 aliphatic carbocycles. The first-order valence-electron chi connectivity index (χ1n) is 6.39. The van der Waals surface area contributed by atoms with Crippen LogP contribution in [0.5, 0.6) is 0 Å². The van der Waals surface area contributed by atoms with E-state index >= 15 is 0 Å². The first-order valence-corrected chi connectivity index (χ1v) is 6.39. The van der Waals surface area contributed by atoms with Crippen LogP contribution >= 0.6 is 0 Å². The largest absolute Gasteiger partial charge is 0.388 e. The van der Waals surface area contributed by atoms with E-state index in [0.717, 1.165) is 16.9 Å². The van der Waals surface area contributed by atoms with Gasteiger partial charge >= 0.3 is 0 Å². The fraction of sp³-hybridized carbons (Fsp3) is 0.250. The molecule has 2 aromatic carbocycles. The minimum atomic E-state index is -0.412. The molecule has 0 saturated carbocycles. The van der Waals surface area contributed by atoms with E-state index in [1.54, 1.807) is 12.1 Å². The minimum absolute atomic E-state index is 0.237. The summed E-state index contributed by atoms with van der Waals surface area (Å²) in [7, 11) is 1.93. The van der Waals surface area contributed by atoms with Crippen LogP contribution in [-0.2, 0) is 0 Å². The zero-order valence-electron chi connectivity index (χ0n) is 11.2. The third-order valence-electron chi connectivity index (χ3n) is 3.27. The molecule has 0 spiro atoms. The maximum atomic E-state index is 12.9. The van der Waals surface area contributed by atoms with Gasteiger partial charge in [-0.25, -0.2) is 4.39 Å². The molecule has 1 atom stereocenters. The van der Waals surface area contributed by atoms with Crippen LogP contribution in [-0.4, -0.2) is 12.2 Å². The molecule has 0 aliphatic rings. The molecule has 0 heterocycles. The summed E-state index contributed by atoms with van der Waals surface area (Å²) in [5.74, 6) is -0.237. The van der Waals surface area contributed by atoms with E-state index in [1.165, 1.54) is 12.1 Å².